The maximum absolute atomic E-state index is 4.33. The minimum atomic E-state index is 0.542. The number of azo groups is 1. The normalized spacial score (nSPS) is 17.3. The largest absolute Gasteiger partial charge is 0.417 e. The molecule has 0 radical (unpaired) electrons. The van der Waals surface area contributed by atoms with Crippen molar-refractivity contribution >= 4 is 28.3 Å². The van der Waals surface area contributed by atoms with Crippen LogP contribution in [0, 0.1) is 6.92 Å². The van der Waals surface area contributed by atoms with Gasteiger partial charge < -0.3 is 0 Å². The van der Waals surface area contributed by atoms with E-state index in [0.29, 0.717) is 11.9 Å². The predicted molar refractivity (Wildman–Crippen MR) is 61.3 cm³/mol. The van der Waals surface area contributed by atoms with Crippen LogP contribution in [0.3, 0.4) is 0 Å². The minimum absolute atomic E-state index is 0.542. The molecule has 2 heterocycles. The van der Waals surface area contributed by atoms with Crippen LogP contribution < -0.4 is 5.32 Å². The summed E-state index contributed by atoms with van der Waals surface area (Å²) in [7, 11) is 3.80. The van der Waals surface area contributed by atoms with Crippen molar-refractivity contribution in [1.82, 2.24) is 5.32 Å². The number of aryl methyl sites for hydroxylation is 1. The first-order valence-electron chi connectivity index (χ1n) is 4.53. The summed E-state index contributed by atoms with van der Waals surface area (Å²) in [5.74, 6) is 1.25. The molecule has 0 aliphatic carbocycles. The van der Waals surface area contributed by atoms with E-state index >= 15 is 0 Å². The molecule has 2 rings (SSSR count). The topological polar surface area (TPSA) is 52.1 Å². The highest BCUT2D eigenvalue weighted by Crippen LogP contribution is 2.24. The van der Waals surface area contributed by atoms with Crippen LogP contribution in [0.5, 0.6) is 0 Å². The van der Waals surface area contributed by atoms with Gasteiger partial charge in [0.2, 0.25) is 0 Å². The summed E-state index contributed by atoms with van der Waals surface area (Å²) in [6.45, 7) is 2.05. The number of nitrogens with one attached hydrogen (secondary N) is 1. The van der Waals surface area contributed by atoms with Crippen LogP contribution >= 0.6 is 11.3 Å². The molecule has 78 valence electrons. The number of thiophene rings is 1. The second-order valence-corrected chi connectivity index (χ2v) is 4.63. The molecule has 0 saturated carbocycles. The van der Waals surface area contributed by atoms with Crippen molar-refractivity contribution in [1.29, 1.82) is 0 Å². The third-order valence-corrected chi connectivity index (χ3v) is 2.72. The summed E-state index contributed by atoms with van der Waals surface area (Å²) in [5, 5.41) is 11.8. The second kappa shape index (κ2) is 3.90. The smallest absolute Gasteiger partial charge is 0.265 e. The van der Waals surface area contributed by atoms with Crippen LogP contribution in [-0.4, -0.2) is 30.6 Å². The lowest BCUT2D eigenvalue weighted by molar-refractivity contribution is -0.467. The third kappa shape index (κ3) is 2.27. The van der Waals surface area contributed by atoms with Crippen LogP contribution in [0.1, 0.15) is 4.88 Å². The summed E-state index contributed by atoms with van der Waals surface area (Å²) in [4.78, 5) is 5.56. The van der Waals surface area contributed by atoms with Crippen molar-refractivity contribution in [3.63, 3.8) is 0 Å². The van der Waals surface area contributed by atoms with E-state index in [-0.39, 0.29) is 0 Å². The number of guanidine groups is 2. The molecule has 1 aromatic rings. The molecule has 1 aromatic heterocycles. The SMILES string of the molecule is Cc1ccc(N=C2N=NC(=[N+](C)C)N2)s1. The monoisotopic (exact) mass is 222 g/mol. The maximum atomic E-state index is 4.33. The number of aliphatic imine (C=N–C) groups is 1. The third-order valence-electron chi connectivity index (χ3n) is 1.83. The van der Waals surface area contributed by atoms with E-state index in [2.05, 4.69) is 27.5 Å². The second-order valence-electron chi connectivity index (χ2n) is 3.36. The van der Waals surface area contributed by atoms with E-state index in [1.54, 1.807) is 11.3 Å². The fourth-order valence-corrected chi connectivity index (χ4v) is 1.82. The Morgan fingerprint density at radius 3 is 2.67 bits per heavy atom. The lowest BCUT2D eigenvalue weighted by Gasteiger charge is -1.90. The molecule has 0 bridgehead atoms. The Bertz CT molecular complexity index is 465. The van der Waals surface area contributed by atoms with Gasteiger partial charge in [0, 0.05) is 4.88 Å². The Kier molecular flexibility index (Phi) is 2.59. The molecule has 0 unspecified atom stereocenters. The van der Waals surface area contributed by atoms with Gasteiger partial charge in [-0.2, -0.15) is 4.99 Å². The van der Waals surface area contributed by atoms with Gasteiger partial charge in [0.1, 0.15) is 5.00 Å². The van der Waals surface area contributed by atoms with E-state index in [9.17, 15) is 0 Å². The van der Waals surface area contributed by atoms with Crippen LogP contribution in [0.15, 0.2) is 27.4 Å². The summed E-state index contributed by atoms with van der Waals surface area (Å²) >= 11 is 1.63. The first-order chi connectivity index (χ1) is 7.15. The molecule has 0 saturated heterocycles. The molecule has 15 heavy (non-hydrogen) atoms. The zero-order valence-corrected chi connectivity index (χ0v) is 9.67. The summed E-state index contributed by atoms with van der Waals surface area (Å²) < 4.78 is 1.85. The van der Waals surface area contributed by atoms with Crippen LogP contribution in [0.4, 0.5) is 5.00 Å². The first kappa shape index (κ1) is 9.97. The Labute approximate surface area is 91.9 Å². The molecule has 1 N–H and O–H groups in total. The molecule has 5 nitrogen and oxygen atoms in total. The quantitative estimate of drug-likeness (QED) is 0.723. The van der Waals surface area contributed by atoms with Gasteiger partial charge >= 0.3 is 11.9 Å². The zero-order chi connectivity index (χ0) is 10.8. The van der Waals surface area contributed by atoms with Gasteiger partial charge in [-0.3, -0.25) is 4.58 Å². The Morgan fingerprint density at radius 2 is 2.13 bits per heavy atom. The number of hydrogen-bond donors (Lipinski definition) is 1. The fourth-order valence-electron chi connectivity index (χ4n) is 1.08. The van der Waals surface area contributed by atoms with Crippen molar-refractivity contribution in [3.8, 4) is 0 Å². The van der Waals surface area contributed by atoms with Crippen molar-refractivity contribution < 1.29 is 4.58 Å². The van der Waals surface area contributed by atoms with Crippen molar-refractivity contribution in [3.05, 3.63) is 17.0 Å². The van der Waals surface area contributed by atoms with E-state index < -0.39 is 0 Å². The zero-order valence-electron chi connectivity index (χ0n) is 8.85. The van der Waals surface area contributed by atoms with Gasteiger partial charge in [-0.25, -0.2) is 5.32 Å². The first-order valence-corrected chi connectivity index (χ1v) is 5.35. The number of hydrogen-bond acceptors (Lipinski definition) is 2. The summed E-state index contributed by atoms with van der Waals surface area (Å²) in [5.41, 5.74) is 0. The van der Waals surface area contributed by atoms with Gasteiger partial charge in [-0.15, -0.1) is 11.3 Å². The Balaban J connectivity index is 2.19. The maximum Gasteiger partial charge on any atom is 0.417 e. The molecule has 0 amide bonds. The van der Waals surface area contributed by atoms with Crippen molar-refractivity contribution in [2.24, 2.45) is 15.2 Å². The Hall–Kier alpha value is -1.56. The molecule has 0 spiro atoms. The van der Waals surface area contributed by atoms with Crippen LogP contribution in [0.2, 0.25) is 0 Å². The van der Waals surface area contributed by atoms with Gasteiger partial charge in [-0.1, -0.05) is 0 Å². The highest BCUT2D eigenvalue weighted by molar-refractivity contribution is 7.15. The van der Waals surface area contributed by atoms with Crippen LogP contribution in [-0.2, 0) is 0 Å². The lowest BCUT2D eigenvalue weighted by atomic mass is 10.5. The van der Waals surface area contributed by atoms with Gasteiger partial charge in [0.25, 0.3) is 0 Å². The summed E-state index contributed by atoms with van der Waals surface area (Å²) in [6.07, 6.45) is 0. The summed E-state index contributed by atoms with van der Waals surface area (Å²) in [6, 6.07) is 4.00. The Morgan fingerprint density at radius 1 is 1.33 bits per heavy atom. The molecular formula is C9H12N5S+. The van der Waals surface area contributed by atoms with E-state index in [1.807, 2.05) is 30.8 Å². The predicted octanol–water partition coefficient (Wildman–Crippen LogP) is 1.73. The lowest BCUT2D eigenvalue weighted by Crippen LogP contribution is -2.27. The van der Waals surface area contributed by atoms with Gasteiger partial charge in [-0.05, 0) is 24.2 Å². The number of rotatable bonds is 1. The van der Waals surface area contributed by atoms with E-state index in [0.717, 1.165) is 5.00 Å². The van der Waals surface area contributed by atoms with Gasteiger partial charge in [0.15, 0.2) is 0 Å². The average Bonchev–Trinajstić information content (AvgIpc) is 2.76. The molecule has 1 aliphatic rings. The molecule has 6 heteroatoms. The van der Waals surface area contributed by atoms with Gasteiger partial charge in [0.05, 0.1) is 19.2 Å². The molecular weight excluding hydrogens is 210 g/mol. The highest BCUT2D eigenvalue weighted by Gasteiger charge is 2.21. The fraction of sp³-hybridized carbons (Fsp3) is 0.333. The van der Waals surface area contributed by atoms with Crippen LogP contribution in [0.25, 0.3) is 0 Å². The highest BCUT2D eigenvalue weighted by atomic mass is 32.1. The molecule has 0 atom stereocenters. The molecule has 0 aromatic carbocycles. The minimum Gasteiger partial charge on any atom is -0.265 e. The number of nitrogens with zero attached hydrogens (tertiary/aromatic N) is 4. The van der Waals surface area contributed by atoms with Crippen molar-refractivity contribution in [2.75, 3.05) is 14.1 Å². The average molecular weight is 222 g/mol. The van der Waals surface area contributed by atoms with Crippen molar-refractivity contribution in [2.45, 2.75) is 6.92 Å². The molecule has 0 fully saturated rings. The molecule has 1 aliphatic heterocycles. The van der Waals surface area contributed by atoms with E-state index in [1.165, 1.54) is 4.88 Å². The van der Waals surface area contributed by atoms with E-state index in [4.69, 9.17) is 0 Å². The standard InChI is InChI=1S/C9H11N5S/c1-6-4-5-7(15-6)10-8-11-9(13-12-8)14(2)3/h4-5H,1-3H3/p+1.